The maximum Gasteiger partial charge on any atom is 0.280 e. The Morgan fingerprint density at radius 1 is 1.36 bits per heavy atom. The molecule has 1 heterocycles. The second-order valence-corrected chi connectivity index (χ2v) is 6.28. The zero-order valence-electron chi connectivity index (χ0n) is 13.3. The first-order chi connectivity index (χ1) is 11.9. The molecule has 0 unspecified atom stereocenters. The first kappa shape index (κ1) is 17.3. The predicted molar refractivity (Wildman–Crippen MR) is 83.6 cm³/mol. The van der Waals surface area contributed by atoms with Crippen molar-refractivity contribution in [1.29, 1.82) is 0 Å². The summed E-state index contributed by atoms with van der Waals surface area (Å²) in [6.07, 6.45) is 0.677. The Kier molecular flexibility index (Phi) is 4.98. The van der Waals surface area contributed by atoms with Crippen molar-refractivity contribution in [2.24, 2.45) is 5.92 Å². The fraction of sp³-hybridized carbons (Fsp3) is 0.412. The van der Waals surface area contributed by atoms with E-state index in [9.17, 15) is 23.5 Å². The molecular formula is C17H18F2N2O4. The number of aliphatic hydroxyl groups is 1. The van der Waals surface area contributed by atoms with Crippen LogP contribution in [0.25, 0.3) is 0 Å². The normalized spacial score (nSPS) is 20.8. The van der Waals surface area contributed by atoms with Crippen LogP contribution in [-0.2, 0) is 11.2 Å². The molecule has 0 spiro atoms. The van der Waals surface area contributed by atoms with Crippen LogP contribution >= 0.6 is 0 Å². The molecule has 3 N–H and O–H groups in total. The van der Waals surface area contributed by atoms with Crippen molar-refractivity contribution >= 4 is 5.91 Å². The van der Waals surface area contributed by atoms with E-state index in [1.165, 1.54) is 12.1 Å². The Morgan fingerprint density at radius 2 is 2.12 bits per heavy atom. The number of aryl methyl sites for hydroxylation is 1. The van der Waals surface area contributed by atoms with Crippen LogP contribution in [0, 0.1) is 17.6 Å². The molecule has 1 saturated carbocycles. The van der Waals surface area contributed by atoms with Gasteiger partial charge in [-0.3, -0.25) is 9.59 Å². The Hall–Kier alpha value is -2.48. The van der Waals surface area contributed by atoms with Gasteiger partial charge in [0.25, 0.3) is 5.56 Å². The fourth-order valence-electron chi connectivity index (χ4n) is 3.03. The fourth-order valence-corrected chi connectivity index (χ4v) is 3.03. The van der Waals surface area contributed by atoms with E-state index < -0.39 is 23.8 Å². The van der Waals surface area contributed by atoms with Crippen molar-refractivity contribution in [2.45, 2.75) is 37.8 Å². The standard InChI is InChI=1S/C17H18F2N2O4/c18-10-1-3-13(14(19)7-10)17(9-5-11(22)6-9)20-15(23)4-2-12-8-16(24)21-25-12/h1,3,7-9,11,17,22H,2,4-6H2,(H,20,23)(H,21,24)/t9?,11?,17-/m0/s1. The number of hydrogen-bond donors (Lipinski definition) is 3. The number of aromatic amines is 1. The first-order valence-electron chi connectivity index (χ1n) is 8.02. The Bertz CT molecular complexity index is 811. The van der Waals surface area contributed by atoms with Crippen LogP contribution in [0.3, 0.4) is 0 Å². The Labute approximate surface area is 141 Å². The minimum Gasteiger partial charge on any atom is -0.393 e. The molecule has 1 aliphatic carbocycles. The highest BCUT2D eigenvalue weighted by Crippen LogP contribution is 2.39. The summed E-state index contributed by atoms with van der Waals surface area (Å²) in [4.78, 5) is 23.2. The minimum atomic E-state index is -0.733. The highest BCUT2D eigenvalue weighted by atomic mass is 19.1. The monoisotopic (exact) mass is 352 g/mol. The molecule has 1 fully saturated rings. The van der Waals surface area contributed by atoms with Crippen molar-refractivity contribution in [3.8, 4) is 0 Å². The summed E-state index contributed by atoms with van der Waals surface area (Å²) in [5.74, 6) is -1.54. The number of hydrogen-bond acceptors (Lipinski definition) is 4. The summed E-state index contributed by atoms with van der Waals surface area (Å²) in [5.41, 5.74) is -0.190. The molecule has 1 amide bonds. The summed E-state index contributed by atoms with van der Waals surface area (Å²) < 4.78 is 32.1. The smallest absolute Gasteiger partial charge is 0.280 e. The largest absolute Gasteiger partial charge is 0.393 e. The number of amides is 1. The van der Waals surface area contributed by atoms with Crippen LogP contribution in [0.1, 0.15) is 36.6 Å². The third kappa shape index (κ3) is 4.14. The van der Waals surface area contributed by atoms with E-state index in [4.69, 9.17) is 4.52 Å². The zero-order chi connectivity index (χ0) is 18.0. The highest BCUT2D eigenvalue weighted by Gasteiger charge is 2.36. The van der Waals surface area contributed by atoms with Gasteiger partial charge in [0.2, 0.25) is 5.91 Å². The average molecular weight is 352 g/mol. The molecule has 2 aromatic rings. The molecule has 6 nitrogen and oxygen atoms in total. The number of carbonyl (C=O) groups is 1. The molecule has 25 heavy (non-hydrogen) atoms. The van der Waals surface area contributed by atoms with Crippen molar-refractivity contribution in [3.05, 3.63) is 57.6 Å². The number of aromatic nitrogens is 1. The zero-order valence-corrected chi connectivity index (χ0v) is 13.3. The number of halogens is 2. The number of benzene rings is 1. The van der Waals surface area contributed by atoms with E-state index in [0.717, 1.165) is 12.1 Å². The van der Waals surface area contributed by atoms with Gasteiger partial charge in [0.05, 0.1) is 12.1 Å². The summed E-state index contributed by atoms with van der Waals surface area (Å²) in [7, 11) is 0. The molecule has 8 heteroatoms. The van der Waals surface area contributed by atoms with Crippen LogP contribution in [0.15, 0.2) is 33.6 Å². The van der Waals surface area contributed by atoms with Crippen LogP contribution in [0.2, 0.25) is 0 Å². The van der Waals surface area contributed by atoms with Gasteiger partial charge in [0, 0.05) is 30.5 Å². The lowest BCUT2D eigenvalue weighted by Gasteiger charge is -2.38. The molecule has 1 aromatic carbocycles. The molecule has 0 bridgehead atoms. The van der Waals surface area contributed by atoms with Gasteiger partial charge in [-0.05, 0) is 24.8 Å². The van der Waals surface area contributed by atoms with Crippen LogP contribution in [-0.4, -0.2) is 22.3 Å². The van der Waals surface area contributed by atoms with Gasteiger partial charge in [-0.1, -0.05) is 6.07 Å². The highest BCUT2D eigenvalue weighted by molar-refractivity contribution is 5.76. The SMILES string of the molecule is O=C(CCc1cc(=O)[nH]o1)N[C@H](c1ccc(F)cc1F)C1CC(O)C1. The van der Waals surface area contributed by atoms with Gasteiger partial charge in [0.1, 0.15) is 17.4 Å². The summed E-state index contributed by atoms with van der Waals surface area (Å²) in [6.45, 7) is 0. The Morgan fingerprint density at radius 3 is 2.72 bits per heavy atom. The third-order valence-corrected chi connectivity index (χ3v) is 4.41. The van der Waals surface area contributed by atoms with Crippen LogP contribution < -0.4 is 10.9 Å². The van der Waals surface area contributed by atoms with Gasteiger partial charge in [-0.2, -0.15) is 5.16 Å². The Balaban J connectivity index is 1.69. The van der Waals surface area contributed by atoms with Crippen molar-refractivity contribution < 1.29 is 23.2 Å². The molecule has 3 rings (SSSR count). The summed E-state index contributed by atoms with van der Waals surface area (Å²) >= 11 is 0. The quantitative estimate of drug-likeness (QED) is 0.739. The van der Waals surface area contributed by atoms with E-state index in [1.807, 2.05) is 0 Å². The predicted octanol–water partition coefficient (Wildman–Crippen LogP) is 1.81. The lowest BCUT2D eigenvalue weighted by molar-refractivity contribution is -0.123. The van der Waals surface area contributed by atoms with E-state index in [1.54, 1.807) is 0 Å². The molecule has 1 aliphatic rings. The number of aliphatic hydroxyl groups excluding tert-OH is 1. The van der Waals surface area contributed by atoms with Crippen molar-refractivity contribution in [3.63, 3.8) is 0 Å². The van der Waals surface area contributed by atoms with Crippen molar-refractivity contribution in [1.82, 2.24) is 10.5 Å². The van der Waals surface area contributed by atoms with E-state index in [2.05, 4.69) is 10.5 Å². The van der Waals surface area contributed by atoms with Gasteiger partial charge >= 0.3 is 0 Å². The van der Waals surface area contributed by atoms with E-state index >= 15 is 0 Å². The van der Waals surface area contributed by atoms with Gasteiger partial charge < -0.3 is 14.9 Å². The topological polar surface area (TPSA) is 95.3 Å². The van der Waals surface area contributed by atoms with Crippen LogP contribution in [0.5, 0.6) is 0 Å². The maximum absolute atomic E-state index is 14.1. The molecular weight excluding hydrogens is 334 g/mol. The number of nitrogens with one attached hydrogen (secondary N) is 2. The second kappa shape index (κ2) is 7.18. The third-order valence-electron chi connectivity index (χ3n) is 4.41. The first-order valence-corrected chi connectivity index (χ1v) is 8.02. The number of rotatable bonds is 6. The minimum absolute atomic E-state index is 0.0510. The lowest BCUT2D eigenvalue weighted by atomic mass is 9.75. The number of carbonyl (C=O) groups excluding carboxylic acids is 1. The van der Waals surface area contributed by atoms with E-state index in [-0.39, 0.29) is 35.8 Å². The maximum atomic E-state index is 14.1. The molecule has 0 aliphatic heterocycles. The summed E-state index contributed by atoms with van der Waals surface area (Å²) in [5, 5.41) is 14.4. The molecule has 134 valence electrons. The molecule has 1 atom stereocenters. The van der Waals surface area contributed by atoms with Gasteiger partial charge in [-0.25, -0.2) is 8.78 Å². The van der Waals surface area contributed by atoms with Gasteiger partial charge in [0.15, 0.2) is 0 Å². The summed E-state index contributed by atoms with van der Waals surface area (Å²) in [6, 6.07) is 3.84. The molecule has 1 aromatic heterocycles. The number of H-pyrrole nitrogens is 1. The average Bonchev–Trinajstić information content (AvgIpc) is 2.94. The van der Waals surface area contributed by atoms with Crippen molar-refractivity contribution in [2.75, 3.05) is 0 Å². The molecule has 0 saturated heterocycles. The van der Waals surface area contributed by atoms with E-state index in [0.29, 0.717) is 18.6 Å². The van der Waals surface area contributed by atoms with Gasteiger partial charge in [-0.15, -0.1) is 0 Å². The van der Waals surface area contributed by atoms with Crippen LogP contribution in [0.4, 0.5) is 8.78 Å². The molecule has 0 radical (unpaired) electrons. The lowest BCUT2D eigenvalue weighted by Crippen LogP contribution is -2.41. The second-order valence-electron chi connectivity index (χ2n) is 6.28.